The Morgan fingerprint density at radius 1 is 1.00 bits per heavy atom. The van der Waals surface area contributed by atoms with E-state index in [0.29, 0.717) is 22.0 Å². The van der Waals surface area contributed by atoms with E-state index in [4.69, 9.17) is 4.74 Å². The molecule has 0 spiro atoms. The van der Waals surface area contributed by atoms with Crippen molar-refractivity contribution in [1.29, 1.82) is 0 Å². The highest BCUT2D eigenvalue weighted by molar-refractivity contribution is 7.92. The Labute approximate surface area is 155 Å². The Bertz CT molecular complexity index is 998. The molecule has 0 aliphatic rings. The number of nitrogens with one attached hydrogen (secondary N) is 2. The van der Waals surface area contributed by atoms with E-state index in [-0.39, 0.29) is 10.8 Å². The van der Waals surface area contributed by atoms with Crippen LogP contribution in [0.5, 0.6) is 5.75 Å². The number of sulfonamides is 1. The molecule has 134 valence electrons. The molecule has 1 aromatic heterocycles. The van der Waals surface area contributed by atoms with Gasteiger partial charge in [-0.05, 0) is 53.9 Å². The molecule has 2 N–H and O–H groups in total. The van der Waals surface area contributed by atoms with Crippen molar-refractivity contribution < 1.29 is 17.9 Å². The van der Waals surface area contributed by atoms with E-state index in [1.807, 2.05) is 0 Å². The second kappa shape index (κ2) is 7.59. The molecule has 0 aliphatic carbocycles. The van der Waals surface area contributed by atoms with Gasteiger partial charge in [0.15, 0.2) is 0 Å². The number of anilines is 2. The van der Waals surface area contributed by atoms with Crippen LogP contribution in [0.4, 0.5) is 11.4 Å². The predicted molar refractivity (Wildman–Crippen MR) is 103 cm³/mol. The maximum Gasteiger partial charge on any atom is 0.265 e. The van der Waals surface area contributed by atoms with Crippen molar-refractivity contribution in [1.82, 2.24) is 0 Å². The van der Waals surface area contributed by atoms with Crippen LogP contribution in [0.3, 0.4) is 0 Å². The SMILES string of the molecule is COc1ccc(NS(=O)(=O)c2cccc(NC(=O)c3cccs3)c2)cc1. The molecule has 0 fully saturated rings. The molecule has 0 radical (unpaired) electrons. The monoisotopic (exact) mass is 388 g/mol. The van der Waals surface area contributed by atoms with Crippen molar-refractivity contribution in [3.05, 3.63) is 70.9 Å². The number of hydrogen-bond donors (Lipinski definition) is 2. The zero-order chi connectivity index (χ0) is 18.6. The second-order valence-electron chi connectivity index (χ2n) is 5.29. The van der Waals surface area contributed by atoms with Gasteiger partial charge in [-0.1, -0.05) is 12.1 Å². The van der Waals surface area contributed by atoms with Crippen molar-refractivity contribution in [2.75, 3.05) is 17.1 Å². The molecule has 6 nitrogen and oxygen atoms in total. The summed E-state index contributed by atoms with van der Waals surface area (Å²) in [7, 11) is -2.25. The third-order valence-corrected chi connectivity index (χ3v) is 5.74. The lowest BCUT2D eigenvalue weighted by Gasteiger charge is -2.10. The molecule has 0 saturated carbocycles. The van der Waals surface area contributed by atoms with Crippen molar-refractivity contribution in [2.45, 2.75) is 4.90 Å². The van der Waals surface area contributed by atoms with Crippen LogP contribution >= 0.6 is 11.3 Å². The van der Waals surface area contributed by atoms with Crippen LogP contribution in [0.1, 0.15) is 9.67 Å². The Morgan fingerprint density at radius 3 is 2.42 bits per heavy atom. The summed E-state index contributed by atoms with van der Waals surface area (Å²) in [6.45, 7) is 0. The minimum atomic E-state index is -3.78. The fraction of sp³-hybridized carbons (Fsp3) is 0.0556. The summed E-state index contributed by atoms with van der Waals surface area (Å²) >= 11 is 1.31. The number of methoxy groups -OCH3 is 1. The van der Waals surface area contributed by atoms with Crippen molar-refractivity contribution in [3.8, 4) is 5.75 Å². The van der Waals surface area contributed by atoms with Gasteiger partial charge in [-0.2, -0.15) is 0 Å². The number of ether oxygens (including phenoxy) is 1. The average molecular weight is 388 g/mol. The first-order valence-electron chi connectivity index (χ1n) is 7.60. The van der Waals surface area contributed by atoms with E-state index in [0.717, 1.165) is 0 Å². The van der Waals surface area contributed by atoms with Gasteiger partial charge in [-0.3, -0.25) is 9.52 Å². The molecule has 0 unspecified atom stereocenters. The molecule has 3 aromatic rings. The fourth-order valence-corrected chi connectivity index (χ4v) is 3.94. The largest absolute Gasteiger partial charge is 0.497 e. The lowest BCUT2D eigenvalue weighted by Crippen LogP contribution is -2.14. The van der Waals surface area contributed by atoms with Gasteiger partial charge in [0.2, 0.25) is 0 Å². The third kappa shape index (κ3) is 4.22. The molecule has 0 bridgehead atoms. The molecule has 8 heteroatoms. The summed E-state index contributed by atoms with van der Waals surface area (Å²) in [4.78, 5) is 12.7. The molecule has 26 heavy (non-hydrogen) atoms. The summed E-state index contributed by atoms with van der Waals surface area (Å²) in [6, 6.07) is 16.1. The minimum absolute atomic E-state index is 0.0531. The number of hydrogen-bond acceptors (Lipinski definition) is 5. The number of benzene rings is 2. The van der Waals surface area contributed by atoms with Crippen LogP contribution < -0.4 is 14.8 Å². The molecule has 0 aliphatic heterocycles. The molecule has 0 atom stereocenters. The Hall–Kier alpha value is -2.84. The highest BCUT2D eigenvalue weighted by Gasteiger charge is 2.16. The minimum Gasteiger partial charge on any atom is -0.497 e. The lowest BCUT2D eigenvalue weighted by atomic mass is 10.3. The zero-order valence-corrected chi connectivity index (χ0v) is 15.4. The molecular formula is C18H16N2O4S2. The number of carbonyl (C=O) groups excluding carboxylic acids is 1. The Balaban J connectivity index is 1.78. The standard InChI is InChI=1S/C18H16N2O4S2/c1-24-15-9-7-13(8-10-15)20-26(22,23)16-5-2-4-14(12-16)19-18(21)17-6-3-11-25-17/h2-12,20H,1H3,(H,19,21). The van der Waals surface area contributed by atoms with Gasteiger partial charge in [0.1, 0.15) is 5.75 Å². The van der Waals surface area contributed by atoms with Gasteiger partial charge in [-0.25, -0.2) is 8.42 Å². The van der Waals surface area contributed by atoms with Crippen LogP contribution in [0.25, 0.3) is 0 Å². The van der Waals surface area contributed by atoms with Crippen molar-refractivity contribution in [3.63, 3.8) is 0 Å². The molecule has 1 amide bonds. The van der Waals surface area contributed by atoms with Crippen LogP contribution in [0.15, 0.2) is 70.9 Å². The van der Waals surface area contributed by atoms with Gasteiger partial charge in [0, 0.05) is 11.4 Å². The molecular weight excluding hydrogens is 372 g/mol. The summed E-state index contributed by atoms with van der Waals surface area (Å²) in [5, 5.41) is 4.50. The van der Waals surface area contributed by atoms with E-state index in [9.17, 15) is 13.2 Å². The number of thiophene rings is 1. The average Bonchev–Trinajstić information content (AvgIpc) is 3.17. The van der Waals surface area contributed by atoms with Crippen LogP contribution in [-0.4, -0.2) is 21.4 Å². The first-order chi connectivity index (χ1) is 12.5. The first-order valence-corrected chi connectivity index (χ1v) is 9.96. The Morgan fingerprint density at radius 2 is 1.77 bits per heavy atom. The van der Waals surface area contributed by atoms with E-state index in [1.165, 1.54) is 30.6 Å². The number of rotatable bonds is 6. The topological polar surface area (TPSA) is 84.5 Å². The van der Waals surface area contributed by atoms with E-state index < -0.39 is 10.0 Å². The fourth-order valence-electron chi connectivity index (χ4n) is 2.21. The predicted octanol–water partition coefficient (Wildman–Crippen LogP) is 3.81. The number of carbonyl (C=O) groups is 1. The van der Waals surface area contributed by atoms with Gasteiger partial charge in [0.25, 0.3) is 15.9 Å². The van der Waals surface area contributed by atoms with Gasteiger partial charge in [-0.15, -0.1) is 11.3 Å². The van der Waals surface area contributed by atoms with Crippen LogP contribution in [0, 0.1) is 0 Å². The van der Waals surface area contributed by atoms with Gasteiger partial charge >= 0.3 is 0 Å². The summed E-state index contributed by atoms with van der Waals surface area (Å²) < 4.78 is 32.7. The highest BCUT2D eigenvalue weighted by Crippen LogP contribution is 2.22. The lowest BCUT2D eigenvalue weighted by molar-refractivity contribution is 0.103. The maximum absolute atomic E-state index is 12.6. The summed E-state index contributed by atoms with van der Waals surface area (Å²) in [5.74, 6) is 0.351. The van der Waals surface area contributed by atoms with Crippen molar-refractivity contribution in [2.24, 2.45) is 0 Å². The summed E-state index contributed by atoms with van der Waals surface area (Å²) in [5.41, 5.74) is 0.819. The molecule has 3 rings (SSSR count). The van der Waals surface area contributed by atoms with Crippen LogP contribution in [-0.2, 0) is 10.0 Å². The second-order valence-corrected chi connectivity index (χ2v) is 7.92. The number of amides is 1. The molecule has 1 heterocycles. The Kier molecular flexibility index (Phi) is 5.24. The maximum atomic E-state index is 12.6. The molecule has 0 saturated heterocycles. The first kappa shape index (κ1) is 18.0. The smallest absolute Gasteiger partial charge is 0.265 e. The summed E-state index contributed by atoms with van der Waals surface area (Å²) in [6.07, 6.45) is 0. The van der Waals surface area contributed by atoms with E-state index in [1.54, 1.807) is 53.9 Å². The van der Waals surface area contributed by atoms with Crippen LogP contribution in [0.2, 0.25) is 0 Å². The van der Waals surface area contributed by atoms with Gasteiger partial charge in [0.05, 0.1) is 16.9 Å². The molecule has 2 aromatic carbocycles. The quantitative estimate of drug-likeness (QED) is 0.672. The van der Waals surface area contributed by atoms with Gasteiger partial charge < -0.3 is 10.1 Å². The zero-order valence-electron chi connectivity index (χ0n) is 13.8. The normalized spacial score (nSPS) is 11.0. The third-order valence-electron chi connectivity index (χ3n) is 3.49. The van der Waals surface area contributed by atoms with Crippen molar-refractivity contribution >= 4 is 38.6 Å². The van der Waals surface area contributed by atoms with E-state index in [2.05, 4.69) is 10.0 Å². The van der Waals surface area contributed by atoms with E-state index >= 15 is 0 Å². The highest BCUT2D eigenvalue weighted by atomic mass is 32.2.